The quantitative estimate of drug-likeness (QED) is 0.472. The topological polar surface area (TPSA) is 108 Å². The summed E-state index contributed by atoms with van der Waals surface area (Å²) in [7, 11) is 0. The van der Waals surface area contributed by atoms with Crippen molar-refractivity contribution in [2.45, 2.75) is 59.6 Å². The highest BCUT2D eigenvalue weighted by atomic mass is 35.5. The molecule has 12 heteroatoms. The summed E-state index contributed by atoms with van der Waals surface area (Å²) in [6, 6.07) is 5.82. The summed E-state index contributed by atoms with van der Waals surface area (Å²) in [5.74, 6) is 0.960. The van der Waals surface area contributed by atoms with Gasteiger partial charge in [0, 0.05) is 45.5 Å². The number of pyridine rings is 1. The first kappa shape index (κ1) is 30.4. The summed E-state index contributed by atoms with van der Waals surface area (Å²) >= 11 is 6.46. The molecule has 3 aromatic heterocycles. The van der Waals surface area contributed by atoms with Crippen molar-refractivity contribution in [2.75, 3.05) is 49.1 Å². The summed E-state index contributed by atoms with van der Waals surface area (Å²) in [5, 5.41) is 3.63. The lowest BCUT2D eigenvalue weighted by Crippen LogP contribution is -2.57. The highest BCUT2D eigenvalue weighted by Crippen LogP contribution is 2.32. The number of aromatic nitrogens is 4. The van der Waals surface area contributed by atoms with Crippen LogP contribution in [0.25, 0.3) is 5.65 Å². The summed E-state index contributed by atoms with van der Waals surface area (Å²) in [6.45, 7) is 16.8. The van der Waals surface area contributed by atoms with Crippen molar-refractivity contribution in [1.29, 1.82) is 0 Å². The zero-order valence-electron chi connectivity index (χ0n) is 25.0. The van der Waals surface area contributed by atoms with Crippen molar-refractivity contribution < 1.29 is 14.3 Å². The lowest BCUT2D eigenvalue weighted by Gasteiger charge is -2.41. The van der Waals surface area contributed by atoms with Crippen LogP contribution in [-0.4, -0.2) is 81.1 Å². The molecule has 0 spiro atoms. The minimum absolute atomic E-state index is 0.0224. The van der Waals surface area contributed by atoms with Crippen molar-refractivity contribution in [3.05, 3.63) is 47.5 Å². The summed E-state index contributed by atoms with van der Waals surface area (Å²) < 4.78 is 7.47. The fourth-order valence-corrected chi connectivity index (χ4v) is 5.04. The number of imidazole rings is 1. The van der Waals surface area contributed by atoms with Crippen LogP contribution in [-0.2, 0) is 15.1 Å². The smallest absolute Gasteiger partial charge is 0.410 e. The van der Waals surface area contributed by atoms with E-state index in [4.69, 9.17) is 21.3 Å². The molecule has 11 nitrogen and oxygen atoms in total. The highest BCUT2D eigenvalue weighted by molar-refractivity contribution is 6.32. The summed E-state index contributed by atoms with van der Waals surface area (Å²) in [6.07, 6.45) is 5.04. The maximum atomic E-state index is 13.1. The molecule has 0 bridgehead atoms. The Morgan fingerprint density at radius 3 is 2.32 bits per heavy atom. The molecule has 5 rings (SSSR count). The Morgan fingerprint density at radius 1 is 0.976 bits per heavy atom. The number of hydrogen-bond acceptors (Lipinski definition) is 8. The Bertz CT molecular complexity index is 1370. The lowest BCUT2D eigenvalue weighted by atomic mass is 9.95. The average molecular weight is 585 g/mol. The van der Waals surface area contributed by atoms with Crippen LogP contribution in [0.4, 0.5) is 16.6 Å². The Kier molecular flexibility index (Phi) is 8.96. The minimum Gasteiger partial charge on any atom is -0.444 e. The molecule has 0 aromatic carbocycles. The van der Waals surface area contributed by atoms with Crippen LogP contribution in [0, 0.1) is 5.92 Å². The molecule has 0 saturated carbocycles. The van der Waals surface area contributed by atoms with Gasteiger partial charge in [-0.25, -0.2) is 14.8 Å². The first-order valence-corrected chi connectivity index (χ1v) is 14.5. The molecule has 0 aliphatic carbocycles. The van der Waals surface area contributed by atoms with Crippen LogP contribution < -0.4 is 15.1 Å². The van der Waals surface area contributed by atoms with Gasteiger partial charge in [0.1, 0.15) is 16.3 Å². The molecule has 41 heavy (non-hydrogen) atoms. The van der Waals surface area contributed by atoms with E-state index in [1.54, 1.807) is 17.3 Å². The van der Waals surface area contributed by atoms with E-state index in [2.05, 4.69) is 15.3 Å². The molecule has 2 fully saturated rings. The third kappa shape index (κ3) is 6.83. The van der Waals surface area contributed by atoms with Gasteiger partial charge in [-0.3, -0.25) is 4.79 Å². The highest BCUT2D eigenvalue weighted by Gasteiger charge is 2.38. The number of anilines is 2. The largest absolute Gasteiger partial charge is 0.444 e. The third-order valence-electron chi connectivity index (χ3n) is 6.97. The molecule has 2 aliphatic rings. The Hall–Kier alpha value is -3.60. The third-order valence-corrected chi connectivity index (χ3v) is 7.24. The summed E-state index contributed by atoms with van der Waals surface area (Å²) in [4.78, 5) is 44.8. The van der Waals surface area contributed by atoms with Crippen LogP contribution in [0.3, 0.4) is 0 Å². The molecule has 0 radical (unpaired) electrons. The SMILES string of the molecule is CC.CC(C)(C)OC(=O)N1CCN(c2ncc(Cl)c(N3CC(C(=O)NC(C)(C)c4cnc5ccccn45)C3)n2)CC1. The van der Waals surface area contributed by atoms with Crippen molar-refractivity contribution in [1.82, 2.24) is 29.6 Å². The van der Waals surface area contributed by atoms with Crippen molar-refractivity contribution in [3.8, 4) is 0 Å². The van der Waals surface area contributed by atoms with Gasteiger partial charge in [0.25, 0.3) is 0 Å². The predicted molar refractivity (Wildman–Crippen MR) is 160 cm³/mol. The number of nitrogens with one attached hydrogen (secondary N) is 1. The van der Waals surface area contributed by atoms with E-state index in [9.17, 15) is 9.59 Å². The van der Waals surface area contributed by atoms with E-state index in [0.717, 1.165) is 11.3 Å². The predicted octanol–water partition coefficient (Wildman–Crippen LogP) is 4.35. The monoisotopic (exact) mass is 584 g/mol. The molecule has 2 amide bonds. The Balaban J connectivity index is 0.00000189. The van der Waals surface area contributed by atoms with E-state index in [-0.39, 0.29) is 17.9 Å². The van der Waals surface area contributed by atoms with Gasteiger partial charge in [-0.05, 0) is 46.8 Å². The zero-order chi connectivity index (χ0) is 29.9. The van der Waals surface area contributed by atoms with Crippen LogP contribution in [0.1, 0.15) is 54.2 Å². The molecular weight excluding hydrogens is 544 g/mol. The molecule has 2 saturated heterocycles. The van der Waals surface area contributed by atoms with Gasteiger partial charge in [-0.1, -0.05) is 31.5 Å². The number of rotatable bonds is 5. The van der Waals surface area contributed by atoms with Crippen LogP contribution >= 0.6 is 11.6 Å². The fraction of sp³-hybridized carbons (Fsp3) is 0.552. The number of carbonyl (C=O) groups is 2. The van der Waals surface area contributed by atoms with Gasteiger partial charge in [0.2, 0.25) is 11.9 Å². The normalized spacial score (nSPS) is 16.1. The van der Waals surface area contributed by atoms with Crippen LogP contribution in [0.2, 0.25) is 5.02 Å². The number of carbonyl (C=O) groups excluding carboxylic acids is 2. The van der Waals surface area contributed by atoms with E-state index >= 15 is 0 Å². The molecular formula is C29H41ClN8O3. The van der Waals surface area contributed by atoms with Crippen molar-refractivity contribution >= 4 is 41.0 Å². The number of ether oxygens (including phenoxy) is 1. The van der Waals surface area contributed by atoms with Gasteiger partial charge >= 0.3 is 6.09 Å². The van der Waals surface area contributed by atoms with Crippen molar-refractivity contribution in [3.63, 3.8) is 0 Å². The number of fused-ring (bicyclic) bond motifs is 1. The fourth-order valence-electron chi connectivity index (χ4n) is 4.83. The summed E-state index contributed by atoms with van der Waals surface area (Å²) in [5.41, 5.74) is 0.625. The van der Waals surface area contributed by atoms with Gasteiger partial charge in [-0.2, -0.15) is 4.98 Å². The molecule has 1 N–H and O–H groups in total. The Morgan fingerprint density at radius 2 is 1.66 bits per heavy atom. The first-order valence-electron chi connectivity index (χ1n) is 14.2. The molecule has 222 valence electrons. The molecule has 0 atom stereocenters. The van der Waals surface area contributed by atoms with Crippen LogP contribution in [0.5, 0.6) is 0 Å². The van der Waals surface area contributed by atoms with Gasteiger partial charge < -0.3 is 29.2 Å². The van der Waals surface area contributed by atoms with Gasteiger partial charge in [0.15, 0.2) is 5.82 Å². The number of halogens is 1. The van der Waals surface area contributed by atoms with Gasteiger partial charge in [0.05, 0.1) is 29.5 Å². The molecule has 3 aromatic rings. The second kappa shape index (κ2) is 12.1. The van der Waals surface area contributed by atoms with E-state index < -0.39 is 11.1 Å². The second-order valence-corrected chi connectivity index (χ2v) is 12.0. The molecule has 2 aliphatic heterocycles. The number of hydrogen-bond donors (Lipinski definition) is 1. The minimum atomic E-state index is -0.598. The van der Waals surface area contributed by atoms with Gasteiger partial charge in [-0.15, -0.1) is 0 Å². The average Bonchev–Trinajstić information content (AvgIpc) is 3.34. The second-order valence-electron chi connectivity index (χ2n) is 11.6. The number of piperazine rings is 1. The van der Waals surface area contributed by atoms with Crippen LogP contribution in [0.15, 0.2) is 36.8 Å². The molecule has 0 unspecified atom stereocenters. The zero-order valence-corrected chi connectivity index (χ0v) is 25.8. The first-order chi connectivity index (χ1) is 19.4. The lowest BCUT2D eigenvalue weighted by molar-refractivity contribution is -0.127. The number of nitrogens with zero attached hydrogens (tertiary/aromatic N) is 7. The van der Waals surface area contributed by atoms with E-state index in [1.165, 1.54) is 0 Å². The van der Waals surface area contributed by atoms with E-state index in [0.29, 0.717) is 56.1 Å². The maximum Gasteiger partial charge on any atom is 0.410 e. The molecule has 5 heterocycles. The number of amides is 2. The van der Waals surface area contributed by atoms with Crippen molar-refractivity contribution in [2.24, 2.45) is 5.92 Å². The Labute approximate surface area is 246 Å². The maximum absolute atomic E-state index is 13.1. The van der Waals surface area contributed by atoms with E-state index in [1.807, 2.05) is 87.1 Å². The standard InChI is InChI=1S/C27H35ClN8O3.C2H6/c1-26(2,3)39-25(38)34-12-10-33(11-13-34)24-30-14-19(28)22(31-24)35-16-18(17-35)23(37)32-27(4,5)20-15-29-21-8-6-7-9-36(20)21;1-2/h6-9,14-15,18H,10-13,16-17H2,1-5H3,(H,32,37);1-2H3.